The van der Waals surface area contributed by atoms with E-state index in [1.165, 1.54) is 13.2 Å². The fraction of sp³-hybridized carbons (Fsp3) is 0.125. The summed E-state index contributed by atoms with van der Waals surface area (Å²) in [7, 11) is 1.54. The van der Waals surface area contributed by atoms with Crippen LogP contribution in [0.15, 0.2) is 38.3 Å². The Morgan fingerprint density at radius 1 is 1.15 bits per heavy atom. The molecule has 0 saturated carbocycles. The third kappa shape index (κ3) is 4.79. The third-order valence-electron chi connectivity index (χ3n) is 3.12. The molecule has 4 N–H and O–H groups in total. The van der Waals surface area contributed by atoms with Crippen LogP contribution in [0, 0.1) is 0 Å². The van der Waals surface area contributed by atoms with Gasteiger partial charge in [0, 0.05) is 5.56 Å². The molecule has 8 nitrogen and oxygen atoms in total. The number of ether oxygens (including phenoxy) is 2. The molecular weight excluding hydrogens is 476 g/mol. The summed E-state index contributed by atoms with van der Waals surface area (Å²) in [6.07, 6.45) is 1.11. The highest BCUT2D eigenvalue weighted by Gasteiger charge is 2.14. The van der Waals surface area contributed by atoms with Gasteiger partial charge in [-0.15, -0.1) is 0 Å². The lowest BCUT2D eigenvalue weighted by atomic mass is 10.2. The Morgan fingerprint density at radius 3 is 2.54 bits per heavy atom. The maximum absolute atomic E-state index is 11.8. The van der Waals surface area contributed by atoms with E-state index >= 15 is 0 Å². The van der Waals surface area contributed by atoms with Crippen molar-refractivity contribution in [1.82, 2.24) is 5.43 Å². The number of methoxy groups -OCH3 is 1. The van der Waals surface area contributed by atoms with Crippen molar-refractivity contribution in [3.8, 4) is 28.7 Å². The molecule has 10 heteroatoms. The Balaban J connectivity index is 1.94. The standard InChI is InChI=1S/C16H14Br2N2O6/c1-25-9-2-3-12(10(17)5-9)26-7-13(21)20-19-6-8-4-11(18)15(23)16(24)14(8)22/h2-6,22-24H,7H2,1H3,(H,20,21). The van der Waals surface area contributed by atoms with E-state index in [0.29, 0.717) is 16.0 Å². The van der Waals surface area contributed by atoms with Gasteiger partial charge in [0.1, 0.15) is 11.5 Å². The zero-order chi connectivity index (χ0) is 19.3. The molecule has 0 bridgehead atoms. The number of nitrogens with zero attached hydrogens (tertiary/aromatic N) is 1. The molecule has 0 unspecified atom stereocenters. The number of carbonyl (C=O) groups excluding carboxylic acids is 1. The van der Waals surface area contributed by atoms with Crippen LogP contribution in [0.2, 0.25) is 0 Å². The number of phenolic OH excluding ortho intramolecular Hbond substituents is 3. The number of rotatable bonds is 6. The van der Waals surface area contributed by atoms with Crippen LogP contribution in [0.1, 0.15) is 5.56 Å². The first-order valence-corrected chi connectivity index (χ1v) is 8.63. The Bertz CT molecular complexity index is 857. The molecule has 0 heterocycles. The SMILES string of the molecule is COc1ccc(OCC(=O)NN=Cc2cc(Br)c(O)c(O)c2O)c(Br)c1. The predicted octanol–water partition coefficient (Wildman–Crippen LogP) is 2.87. The van der Waals surface area contributed by atoms with E-state index in [0.717, 1.165) is 6.21 Å². The van der Waals surface area contributed by atoms with Crippen LogP contribution in [-0.2, 0) is 4.79 Å². The van der Waals surface area contributed by atoms with Gasteiger partial charge in [-0.05, 0) is 56.1 Å². The van der Waals surface area contributed by atoms with Crippen molar-refractivity contribution in [1.29, 1.82) is 0 Å². The maximum Gasteiger partial charge on any atom is 0.277 e. The number of aromatic hydroxyl groups is 3. The van der Waals surface area contributed by atoms with Crippen LogP contribution in [0.25, 0.3) is 0 Å². The van der Waals surface area contributed by atoms with Crippen molar-refractivity contribution in [2.75, 3.05) is 13.7 Å². The summed E-state index contributed by atoms with van der Waals surface area (Å²) in [6.45, 7) is -0.293. The molecule has 0 aliphatic heterocycles. The van der Waals surface area contributed by atoms with Gasteiger partial charge in [-0.1, -0.05) is 0 Å². The minimum absolute atomic E-state index is 0.0892. The van der Waals surface area contributed by atoms with Crippen LogP contribution in [-0.4, -0.2) is 41.2 Å². The summed E-state index contributed by atoms with van der Waals surface area (Å²) in [5, 5.41) is 32.4. The van der Waals surface area contributed by atoms with Gasteiger partial charge >= 0.3 is 0 Å². The molecule has 0 saturated heterocycles. The van der Waals surface area contributed by atoms with Gasteiger partial charge in [0.15, 0.2) is 18.1 Å². The summed E-state index contributed by atoms with van der Waals surface area (Å²) in [4.78, 5) is 11.8. The largest absolute Gasteiger partial charge is 0.504 e. The van der Waals surface area contributed by atoms with E-state index in [9.17, 15) is 20.1 Å². The zero-order valence-corrected chi connectivity index (χ0v) is 16.5. The molecule has 0 aliphatic rings. The summed E-state index contributed by atoms with van der Waals surface area (Å²) in [5.74, 6) is -1.20. The number of halogens is 2. The number of benzene rings is 2. The molecule has 0 fully saturated rings. The molecular formula is C16H14Br2N2O6. The van der Waals surface area contributed by atoms with Gasteiger partial charge in [0.25, 0.3) is 5.91 Å². The molecule has 26 heavy (non-hydrogen) atoms. The Kier molecular flexibility index (Phi) is 6.70. The van der Waals surface area contributed by atoms with E-state index in [-0.39, 0.29) is 16.6 Å². The van der Waals surface area contributed by atoms with Crippen LogP contribution >= 0.6 is 31.9 Å². The molecule has 0 spiro atoms. The zero-order valence-electron chi connectivity index (χ0n) is 13.4. The van der Waals surface area contributed by atoms with Crippen molar-refractivity contribution >= 4 is 44.0 Å². The first kappa shape index (κ1) is 19.9. The number of hydrazone groups is 1. The topological polar surface area (TPSA) is 121 Å². The molecule has 2 aromatic rings. The summed E-state index contributed by atoms with van der Waals surface area (Å²) in [5.41, 5.74) is 2.31. The Morgan fingerprint density at radius 2 is 1.88 bits per heavy atom. The van der Waals surface area contributed by atoms with E-state index in [4.69, 9.17) is 9.47 Å². The highest BCUT2D eigenvalue weighted by Crippen LogP contribution is 2.42. The van der Waals surface area contributed by atoms with Gasteiger partial charge < -0.3 is 24.8 Å². The van der Waals surface area contributed by atoms with Gasteiger partial charge in [-0.25, -0.2) is 5.43 Å². The quantitative estimate of drug-likeness (QED) is 0.281. The van der Waals surface area contributed by atoms with Gasteiger partial charge in [0.2, 0.25) is 5.75 Å². The smallest absolute Gasteiger partial charge is 0.277 e. The van der Waals surface area contributed by atoms with E-state index in [1.807, 2.05) is 0 Å². The maximum atomic E-state index is 11.8. The number of hydrogen-bond acceptors (Lipinski definition) is 7. The van der Waals surface area contributed by atoms with E-state index in [2.05, 4.69) is 42.4 Å². The summed E-state index contributed by atoms with van der Waals surface area (Å²) < 4.78 is 11.2. The van der Waals surface area contributed by atoms with Crippen molar-refractivity contribution < 1.29 is 29.6 Å². The highest BCUT2D eigenvalue weighted by molar-refractivity contribution is 9.10. The lowest BCUT2D eigenvalue weighted by molar-refractivity contribution is -0.123. The molecule has 2 rings (SSSR count). The van der Waals surface area contributed by atoms with E-state index < -0.39 is 23.2 Å². The highest BCUT2D eigenvalue weighted by atomic mass is 79.9. The average molecular weight is 490 g/mol. The first-order valence-electron chi connectivity index (χ1n) is 7.05. The Hall–Kier alpha value is -2.46. The number of amides is 1. The molecule has 138 valence electrons. The molecule has 2 aromatic carbocycles. The molecule has 0 aromatic heterocycles. The lowest BCUT2D eigenvalue weighted by Crippen LogP contribution is -2.24. The molecule has 1 amide bonds. The minimum Gasteiger partial charge on any atom is -0.504 e. The van der Waals surface area contributed by atoms with Crippen molar-refractivity contribution in [2.24, 2.45) is 5.10 Å². The molecule has 0 aliphatic carbocycles. The van der Waals surface area contributed by atoms with Crippen molar-refractivity contribution in [3.63, 3.8) is 0 Å². The summed E-state index contributed by atoms with van der Waals surface area (Å²) in [6, 6.07) is 6.36. The number of carbonyl (C=O) groups is 1. The monoisotopic (exact) mass is 488 g/mol. The van der Waals surface area contributed by atoms with Crippen LogP contribution in [0.5, 0.6) is 28.7 Å². The van der Waals surface area contributed by atoms with E-state index in [1.54, 1.807) is 18.2 Å². The van der Waals surface area contributed by atoms with Crippen LogP contribution in [0.3, 0.4) is 0 Å². The molecule has 0 atom stereocenters. The second kappa shape index (κ2) is 8.77. The normalized spacial score (nSPS) is 10.7. The van der Waals surface area contributed by atoms with Gasteiger partial charge in [-0.3, -0.25) is 4.79 Å². The third-order valence-corrected chi connectivity index (χ3v) is 4.35. The minimum atomic E-state index is -0.695. The fourth-order valence-electron chi connectivity index (χ4n) is 1.81. The van der Waals surface area contributed by atoms with Crippen LogP contribution in [0.4, 0.5) is 0 Å². The number of nitrogens with one attached hydrogen (secondary N) is 1. The predicted molar refractivity (Wildman–Crippen MR) is 101 cm³/mol. The Labute approximate surface area is 165 Å². The number of hydrogen-bond donors (Lipinski definition) is 4. The average Bonchev–Trinajstić information content (AvgIpc) is 2.63. The molecule has 0 radical (unpaired) electrons. The van der Waals surface area contributed by atoms with Gasteiger partial charge in [-0.2, -0.15) is 5.10 Å². The van der Waals surface area contributed by atoms with Crippen LogP contribution < -0.4 is 14.9 Å². The lowest BCUT2D eigenvalue weighted by Gasteiger charge is -2.08. The van der Waals surface area contributed by atoms with Crippen molar-refractivity contribution in [2.45, 2.75) is 0 Å². The second-order valence-electron chi connectivity index (χ2n) is 4.87. The second-order valence-corrected chi connectivity index (χ2v) is 6.58. The van der Waals surface area contributed by atoms with Crippen molar-refractivity contribution in [3.05, 3.63) is 38.8 Å². The number of phenols is 3. The summed E-state index contributed by atoms with van der Waals surface area (Å²) >= 11 is 6.32. The first-order chi connectivity index (χ1) is 12.3. The fourth-order valence-corrected chi connectivity index (χ4v) is 2.72. The van der Waals surface area contributed by atoms with Gasteiger partial charge in [0.05, 0.1) is 22.3 Å².